The second-order valence-electron chi connectivity index (χ2n) is 33.4. The molecule has 3 aliphatic rings. The number of aliphatic hydroxyl groups is 8. The molecule has 7 rings (SSSR count). The van der Waals surface area contributed by atoms with Crippen molar-refractivity contribution in [1.82, 2.24) is 21.3 Å². The Morgan fingerprint density at radius 3 is 1.03 bits per heavy atom. The van der Waals surface area contributed by atoms with Gasteiger partial charge in [-0.1, -0.05) is 83.1 Å². The fraction of sp³-hybridized carbons (Fsp3) is 0.621. The number of nitrogens with one attached hydrogen (secondary N) is 5. The van der Waals surface area contributed by atoms with Gasteiger partial charge in [0, 0.05) is 116 Å². The molecule has 0 bridgehead atoms. The van der Waals surface area contributed by atoms with Crippen molar-refractivity contribution in [3.05, 3.63) is 114 Å². The number of Topliss-reactive ketones (excluding diaryl/α,β-unsaturated/α-hetero) is 4. The molecule has 3 fully saturated rings. The Balaban J connectivity index is 0.000000339. The highest BCUT2D eigenvalue weighted by Gasteiger charge is 2.48. The van der Waals surface area contributed by atoms with Crippen molar-refractivity contribution in [1.29, 1.82) is 0 Å². The van der Waals surface area contributed by atoms with Gasteiger partial charge >= 0.3 is 0 Å². The minimum absolute atomic E-state index is 0.0875. The van der Waals surface area contributed by atoms with E-state index in [1.807, 2.05) is 83.1 Å². The van der Waals surface area contributed by atoms with Crippen LogP contribution in [0.4, 0.5) is 5.69 Å². The number of hydrogen-bond acceptors (Lipinski definition) is 27. The Labute approximate surface area is 698 Å². The zero-order valence-electron chi connectivity index (χ0n) is 72.0. The van der Waals surface area contributed by atoms with Gasteiger partial charge in [-0.2, -0.15) is 0 Å². The normalized spacial score (nSPS) is 23.0. The maximum Gasteiger partial charge on any atom is 0.251 e. The lowest BCUT2D eigenvalue weighted by Gasteiger charge is -2.42. The van der Waals surface area contributed by atoms with E-state index in [-0.39, 0.29) is 84.6 Å². The summed E-state index contributed by atoms with van der Waals surface area (Å²) in [4.78, 5) is 108. The summed E-state index contributed by atoms with van der Waals surface area (Å²) in [6.45, 7) is 25.9. The largest absolute Gasteiger partial charge is 0.497 e. The molecule has 32 nitrogen and oxygen atoms in total. The molecule has 4 aromatic carbocycles. The Morgan fingerprint density at radius 2 is 0.672 bits per heavy atom. The smallest absolute Gasteiger partial charge is 0.251 e. The summed E-state index contributed by atoms with van der Waals surface area (Å²) < 4.78 is 54.9. The third-order valence-corrected chi connectivity index (χ3v) is 19.5. The zero-order valence-corrected chi connectivity index (χ0v) is 72.0. The summed E-state index contributed by atoms with van der Waals surface area (Å²) in [6.07, 6.45) is -9.99. The first kappa shape index (κ1) is 103. The van der Waals surface area contributed by atoms with Gasteiger partial charge in [-0.25, -0.2) is 0 Å². The molecule has 0 aromatic heterocycles. The van der Waals surface area contributed by atoms with Crippen LogP contribution in [0.1, 0.15) is 199 Å². The molecule has 5 amide bonds. The Bertz CT molecular complexity index is 3760. The first-order chi connectivity index (χ1) is 55.8. The van der Waals surface area contributed by atoms with E-state index in [2.05, 4.69) is 26.6 Å². The fourth-order valence-corrected chi connectivity index (χ4v) is 11.8. The van der Waals surface area contributed by atoms with Gasteiger partial charge in [0.25, 0.3) is 17.7 Å². The lowest BCUT2D eigenvalue weighted by Crippen LogP contribution is -2.65. The Kier molecular flexibility index (Phi) is 43.3. The molecule has 13 N–H and O–H groups in total. The average Bonchev–Trinajstić information content (AvgIpc) is 0.804. The summed E-state index contributed by atoms with van der Waals surface area (Å²) in [7, 11) is 4.57. The standard InChI is InChI=1S/C25H38N2O8.2C23H35NO8.C16H23NO3/c1-15(28)27-20-22(31)21(30)18(14-26-23(32)16-9-11-17(33-5)12-10-16)35-24(20)34-13-7-6-8-19(29)25(2,3)4;1-23(2,3)17(26)7-5-6-12-31-22-18(20(28)19(27)16(13-25)32-22)24-21(29)14-8-10-15(30-4)11-9-14;1-23(2,3)17(25)7-5-6-12-31-22-20(28)19(27)18(26)16(32-22)13-24-21(29)14-8-10-15(30-4)11-9-14;1-12(18)17-13-7-9-14(10-8-13)20-11-5-6-15(19)16(2,3)4/h9-12,18,20-22,24,30-31H,6-8,13-14H2,1-5H3,(H,26,32)(H,27,28);8-11,16,18-20,22,25,27-28H,5-7,12-13H2,1-4H3,(H,24,29);8-11,16,18-20,22,26-28H,5-7,12-13H2,1-4H3,(H,24,29);7-10H,5-6,11H2,1-4H3,(H,17,18)/t18?,20?,21-,22-,24-;16?,18?,19-,20-,22-;16?,18-,19+,20?,22-;/m111./s1. The van der Waals surface area contributed by atoms with Crippen LogP contribution in [-0.4, -0.2) is 253 Å². The van der Waals surface area contributed by atoms with Crippen LogP contribution in [0.2, 0.25) is 0 Å². The number of amides is 5. The highest BCUT2D eigenvalue weighted by atomic mass is 16.7. The van der Waals surface area contributed by atoms with Gasteiger partial charge in [-0.05, 0) is 142 Å². The number of methoxy groups -OCH3 is 3. The van der Waals surface area contributed by atoms with E-state index in [9.17, 15) is 84.0 Å². The van der Waals surface area contributed by atoms with E-state index >= 15 is 0 Å². The molecule has 4 aromatic rings. The number of anilines is 1. The number of ketones is 4. The predicted octanol–water partition coefficient (Wildman–Crippen LogP) is 6.67. The molecule has 15 atom stereocenters. The van der Waals surface area contributed by atoms with Gasteiger partial charge < -0.3 is 115 Å². The van der Waals surface area contributed by atoms with Crippen molar-refractivity contribution < 1.29 is 131 Å². The van der Waals surface area contributed by atoms with Crippen molar-refractivity contribution >= 4 is 58.4 Å². The van der Waals surface area contributed by atoms with E-state index in [1.54, 1.807) is 97.1 Å². The molecular formula is C87H131N5O27. The first-order valence-electron chi connectivity index (χ1n) is 40.2. The lowest BCUT2D eigenvalue weighted by atomic mass is 9.88. The number of unbranched alkanes of at least 4 members (excludes halogenated alkanes) is 3. The molecule has 3 saturated heterocycles. The molecule has 0 saturated carbocycles. The van der Waals surface area contributed by atoms with Gasteiger partial charge in [0.1, 0.15) is 119 Å². The van der Waals surface area contributed by atoms with Crippen LogP contribution < -0.4 is 45.5 Å². The van der Waals surface area contributed by atoms with Crippen molar-refractivity contribution in [2.24, 2.45) is 21.7 Å². The molecule has 32 heteroatoms. The second-order valence-corrected chi connectivity index (χ2v) is 33.4. The summed E-state index contributed by atoms with van der Waals surface area (Å²) >= 11 is 0. The second kappa shape index (κ2) is 50.1. The monoisotopic (exact) mass is 1680 g/mol. The minimum Gasteiger partial charge on any atom is -0.497 e. The first-order valence-corrected chi connectivity index (χ1v) is 40.2. The van der Waals surface area contributed by atoms with Crippen LogP contribution in [0.3, 0.4) is 0 Å². The van der Waals surface area contributed by atoms with Crippen LogP contribution in [0.15, 0.2) is 97.1 Å². The number of benzene rings is 4. The summed E-state index contributed by atoms with van der Waals surface area (Å²) in [6, 6.07) is 24.5. The van der Waals surface area contributed by atoms with E-state index in [0.29, 0.717) is 111 Å². The molecule has 666 valence electrons. The van der Waals surface area contributed by atoms with Gasteiger partial charge in [0.2, 0.25) is 11.8 Å². The van der Waals surface area contributed by atoms with Crippen LogP contribution in [0, 0.1) is 21.7 Å². The van der Waals surface area contributed by atoms with Gasteiger partial charge in [-0.15, -0.1) is 0 Å². The van der Waals surface area contributed by atoms with E-state index in [1.165, 1.54) is 35.2 Å². The molecule has 3 heterocycles. The van der Waals surface area contributed by atoms with Gasteiger partial charge in [-0.3, -0.25) is 43.2 Å². The summed E-state index contributed by atoms with van der Waals surface area (Å²) in [5.74, 6) is 1.53. The molecule has 3 aliphatic heterocycles. The van der Waals surface area contributed by atoms with E-state index in [4.69, 9.17) is 47.4 Å². The summed E-state index contributed by atoms with van der Waals surface area (Å²) in [5, 5.41) is 95.2. The van der Waals surface area contributed by atoms with Crippen LogP contribution in [0.5, 0.6) is 23.0 Å². The number of carbonyl (C=O) groups is 9. The molecule has 0 spiro atoms. The number of carbonyl (C=O) groups excluding carboxylic acids is 9. The third kappa shape index (κ3) is 35.6. The summed E-state index contributed by atoms with van der Waals surface area (Å²) in [5.41, 5.74) is 0.420. The van der Waals surface area contributed by atoms with Crippen LogP contribution in [0.25, 0.3) is 0 Å². The Hall–Kier alpha value is -8.45. The van der Waals surface area contributed by atoms with Gasteiger partial charge in [0.05, 0.1) is 34.5 Å². The number of hydrogen-bond donors (Lipinski definition) is 13. The fourth-order valence-electron chi connectivity index (χ4n) is 11.8. The highest BCUT2D eigenvalue weighted by Crippen LogP contribution is 2.29. The van der Waals surface area contributed by atoms with Crippen LogP contribution >= 0.6 is 0 Å². The number of rotatable bonds is 37. The van der Waals surface area contributed by atoms with Crippen molar-refractivity contribution in [3.8, 4) is 23.0 Å². The van der Waals surface area contributed by atoms with Crippen LogP contribution in [-0.2, 0) is 57.2 Å². The molecule has 0 aliphatic carbocycles. The SMILES string of the molecule is CC(=O)Nc1ccc(OCCCC(=O)C(C)(C)C)cc1.COc1ccc(C(=O)NC2[C@H](OCCCCC(=O)C(C)(C)C)OC(CO)[C@@H](O)[C@@H]2O)cc1.COc1ccc(C(=O)NCC2O[C@@H](OCCCCC(=O)C(C)(C)C)C(NC(C)=O)[C@@H](O)[C@@H]2O)cc1.COc1ccc(C(=O)NCC2O[C@@H](OCCCCC(=O)C(C)(C)C)C(O)[C@@H](O)[C@@H]2O)cc1. The van der Waals surface area contributed by atoms with E-state index < -0.39 is 121 Å². The van der Waals surface area contributed by atoms with E-state index in [0.717, 1.165) is 11.4 Å². The van der Waals surface area contributed by atoms with Crippen molar-refractivity contribution in [3.63, 3.8) is 0 Å². The van der Waals surface area contributed by atoms with Gasteiger partial charge in [0.15, 0.2) is 18.9 Å². The molecular weight excluding hydrogens is 1550 g/mol. The average molecular weight is 1680 g/mol. The van der Waals surface area contributed by atoms with Crippen molar-refractivity contribution in [2.75, 3.05) is 72.8 Å². The molecule has 6 unspecified atom stereocenters. The quantitative estimate of drug-likeness (QED) is 0.0210. The molecule has 119 heavy (non-hydrogen) atoms. The third-order valence-electron chi connectivity index (χ3n) is 19.5. The highest BCUT2D eigenvalue weighted by molar-refractivity contribution is 5.96. The zero-order chi connectivity index (χ0) is 89.1. The number of ether oxygens (including phenoxy) is 10. The predicted molar refractivity (Wildman–Crippen MR) is 440 cm³/mol. The lowest BCUT2D eigenvalue weighted by molar-refractivity contribution is -0.295. The maximum atomic E-state index is 12.7. The topological polar surface area (TPSA) is 468 Å². The Morgan fingerprint density at radius 1 is 0.353 bits per heavy atom. The minimum atomic E-state index is -1.49. The molecule has 0 radical (unpaired) electrons. The van der Waals surface area contributed by atoms with Crippen molar-refractivity contribution in [2.45, 2.75) is 260 Å². The number of aliphatic hydroxyl groups excluding tert-OH is 8. The maximum absolute atomic E-state index is 12.7.